The largest absolute Gasteiger partial charge is 0.338 e. The molecule has 0 radical (unpaired) electrons. The number of hydrogen-bond acceptors (Lipinski definition) is 3. The third-order valence-electron chi connectivity index (χ3n) is 2.41. The van der Waals surface area contributed by atoms with Gasteiger partial charge in [-0.2, -0.15) is 0 Å². The average Bonchev–Trinajstić information content (AvgIpc) is 2.33. The van der Waals surface area contributed by atoms with Crippen molar-refractivity contribution in [1.29, 1.82) is 0 Å². The minimum Gasteiger partial charge on any atom is -0.338 e. The minimum absolute atomic E-state index is 0.324. The van der Waals surface area contributed by atoms with Crippen molar-refractivity contribution in [3.8, 4) is 0 Å². The second-order valence-corrected chi connectivity index (χ2v) is 5.72. The van der Waals surface area contributed by atoms with Crippen LogP contribution in [0.15, 0.2) is 33.3 Å². The Bertz CT molecular complexity index is 590. The summed E-state index contributed by atoms with van der Waals surface area (Å²) in [5.41, 5.74) is 0.377. The van der Waals surface area contributed by atoms with Crippen molar-refractivity contribution in [2.45, 2.75) is 19.8 Å². The van der Waals surface area contributed by atoms with E-state index in [0.717, 1.165) is 23.1 Å². The number of halogens is 3. The first kappa shape index (κ1) is 14.4. The molecule has 0 aliphatic rings. The smallest absolute Gasteiger partial charge is 0.146 e. The minimum atomic E-state index is -0.324. The van der Waals surface area contributed by atoms with Gasteiger partial charge in [0.2, 0.25) is 0 Å². The molecule has 0 aliphatic heterocycles. The molecule has 2 aromatic rings. The van der Waals surface area contributed by atoms with Gasteiger partial charge in [-0.3, -0.25) is 0 Å². The van der Waals surface area contributed by atoms with Crippen LogP contribution in [-0.4, -0.2) is 9.97 Å². The highest BCUT2D eigenvalue weighted by Crippen LogP contribution is 2.24. The summed E-state index contributed by atoms with van der Waals surface area (Å²) >= 11 is 6.65. The molecule has 1 N–H and O–H groups in total. The van der Waals surface area contributed by atoms with Crippen molar-refractivity contribution in [2.24, 2.45) is 0 Å². The topological polar surface area (TPSA) is 37.8 Å². The summed E-state index contributed by atoms with van der Waals surface area (Å²) in [6.07, 6.45) is 1.75. The number of nitrogens with zero attached hydrogens (tertiary/aromatic N) is 2. The van der Waals surface area contributed by atoms with Crippen LogP contribution >= 0.6 is 31.9 Å². The average molecular weight is 389 g/mol. The van der Waals surface area contributed by atoms with Crippen LogP contribution in [0.2, 0.25) is 0 Å². The quantitative estimate of drug-likeness (QED) is 0.761. The van der Waals surface area contributed by atoms with Gasteiger partial charge in [0.25, 0.3) is 0 Å². The van der Waals surface area contributed by atoms with Crippen LogP contribution in [0.3, 0.4) is 0 Å². The third-order valence-corrected chi connectivity index (χ3v) is 3.31. The summed E-state index contributed by atoms with van der Waals surface area (Å²) in [6, 6.07) is 6.44. The fourth-order valence-electron chi connectivity index (χ4n) is 1.60. The maximum absolute atomic E-state index is 13.7. The zero-order valence-corrected chi connectivity index (χ0v) is 13.4. The molecule has 0 fully saturated rings. The molecule has 1 heterocycles. The maximum Gasteiger partial charge on any atom is 0.146 e. The molecule has 0 unspecified atom stereocenters. The number of benzene rings is 1. The first-order chi connectivity index (χ1) is 9.08. The Hall–Kier alpha value is -1.01. The van der Waals surface area contributed by atoms with Gasteiger partial charge in [0.1, 0.15) is 22.1 Å². The lowest BCUT2D eigenvalue weighted by atomic mass is 10.3. The fraction of sp³-hybridized carbons (Fsp3) is 0.231. The summed E-state index contributed by atoms with van der Waals surface area (Å²) in [5.74, 6) is 0.979. The van der Waals surface area contributed by atoms with Crippen molar-refractivity contribution in [2.75, 3.05) is 5.32 Å². The maximum atomic E-state index is 13.7. The van der Waals surface area contributed by atoms with Gasteiger partial charge in [0.05, 0.1) is 5.69 Å². The summed E-state index contributed by atoms with van der Waals surface area (Å²) in [7, 11) is 0. The Labute approximate surface area is 127 Å². The second kappa shape index (κ2) is 6.43. The van der Waals surface area contributed by atoms with Crippen molar-refractivity contribution in [3.05, 3.63) is 45.0 Å². The van der Waals surface area contributed by atoms with Crippen LogP contribution in [0.4, 0.5) is 15.9 Å². The van der Waals surface area contributed by atoms with E-state index in [9.17, 15) is 4.39 Å². The standard InChI is InChI=1S/C13H12Br2FN3/c1-2-3-12-18-11(15)7-13(19-12)17-10-6-8(14)4-5-9(10)16/h4-7H,2-3H2,1H3,(H,17,18,19). The zero-order chi connectivity index (χ0) is 13.8. The van der Waals surface area contributed by atoms with E-state index in [1.54, 1.807) is 18.2 Å². The van der Waals surface area contributed by atoms with Crippen LogP contribution < -0.4 is 5.32 Å². The fourth-order valence-corrected chi connectivity index (χ4v) is 2.38. The number of aromatic nitrogens is 2. The summed E-state index contributed by atoms with van der Waals surface area (Å²) in [6.45, 7) is 2.06. The normalized spacial score (nSPS) is 10.5. The molecule has 0 spiro atoms. The van der Waals surface area contributed by atoms with E-state index in [1.807, 2.05) is 0 Å². The molecular weight excluding hydrogens is 377 g/mol. The number of anilines is 2. The van der Waals surface area contributed by atoms with Gasteiger partial charge in [0, 0.05) is 17.0 Å². The lowest BCUT2D eigenvalue weighted by Crippen LogP contribution is -2.01. The number of rotatable bonds is 4. The molecule has 0 saturated heterocycles. The molecule has 0 saturated carbocycles. The number of aryl methyl sites for hydroxylation is 1. The van der Waals surface area contributed by atoms with E-state index in [1.165, 1.54) is 6.07 Å². The highest BCUT2D eigenvalue weighted by Gasteiger charge is 2.07. The van der Waals surface area contributed by atoms with Gasteiger partial charge < -0.3 is 5.32 Å². The predicted octanol–water partition coefficient (Wildman–Crippen LogP) is 4.84. The third kappa shape index (κ3) is 3.98. The molecule has 3 nitrogen and oxygen atoms in total. The van der Waals surface area contributed by atoms with Gasteiger partial charge in [-0.15, -0.1) is 0 Å². The molecule has 1 aromatic heterocycles. The number of hydrogen-bond donors (Lipinski definition) is 1. The van der Waals surface area contributed by atoms with Crippen LogP contribution in [0.1, 0.15) is 19.2 Å². The summed E-state index contributed by atoms with van der Waals surface area (Å²) in [4.78, 5) is 8.62. The molecule has 2 rings (SSSR count). The molecule has 0 aliphatic carbocycles. The van der Waals surface area contributed by atoms with Gasteiger partial charge in [-0.1, -0.05) is 22.9 Å². The molecule has 1 aromatic carbocycles. The molecule has 100 valence electrons. The van der Waals surface area contributed by atoms with E-state index >= 15 is 0 Å². The number of nitrogens with one attached hydrogen (secondary N) is 1. The van der Waals surface area contributed by atoms with E-state index in [2.05, 4.69) is 54.1 Å². The summed E-state index contributed by atoms with van der Waals surface area (Å²) < 4.78 is 15.2. The monoisotopic (exact) mass is 387 g/mol. The highest BCUT2D eigenvalue weighted by molar-refractivity contribution is 9.10. The van der Waals surface area contributed by atoms with Crippen LogP contribution in [0, 0.1) is 5.82 Å². The van der Waals surface area contributed by atoms with Gasteiger partial charge in [-0.25, -0.2) is 14.4 Å². The Kier molecular flexibility index (Phi) is 4.87. The van der Waals surface area contributed by atoms with Crippen molar-refractivity contribution in [1.82, 2.24) is 9.97 Å². The van der Waals surface area contributed by atoms with Gasteiger partial charge in [0.15, 0.2) is 0 Å². The molecule has 19 heavy (non-hydrogen) atoms. The van der Waals surface area contributed by atoms with E-state index < -0.39 is 0 Å². The zero-order valence-electron chi connectivity index (χ0n) is 10.3. The summed E-state index contributed by atoms with van der Waals surface area (Å²) in [5, 5.41) is 2.97. The van der Waals surface area contributed by atoms with E-state index in [-0.39, 0.29) is 5.82 Å². The van der Waals surface area contributed by atoms with Gasteiger partial charge >= 0.3 is 0 Å². The molecular formula is C13H12Br2FN3. The Balaban J connectivity index is 2.29. The van der Waals surface area contributed by atoms with Crippen molar-refractivity contribution in [3.63, 3.8) is 0 Å². The van der Waals surface area contributed by atoms with Crippen LogP contribution in [-0.2, 0) is 6.42 Å². The SMILES string of the molecule is CCCc1nc(Br)cc(Nc2cc(Br)ccc2F)n1. The first-order valence-electron chi connectivity index (χ1n) is 5.84. The van der Waals surface area contributed by atoms with Crippen LogP contribution in [0.25, 0.3) is 0 Å². The predicted molar refractivity (Wildman–Crippen MR) is 81.1 cm³/mol. The van der Waals surface area contributed by atoms with E-state index in [4.69, 9.17) is 0 Å². The Morgan fingerprint density at radius 2 is 2.00 bits per heavy atom. The van der Waals surface area contributed by atoms with Gasteiger partial charge in [-0.05, 0) is 40.5 Å². The lowest BCUT2D eigenvalue weighted by Gasteiger charge is -2.09. The Morgan fingerprint density at radius 1 is 1.21 bits per heavy atom. The van der Waals surface area contributed by atoms with Crippen LogP contribution in [0.5, 0.6) is 0 Å². The lowest BCUT2D eigenvalue weighted by molar-refractivity contribution is 0.631. The first-order valence-corrected chi connectivity index (χ1v) is 7.42. The van der Waals surface area contributed by atoms with Crippen molar-refractivity contribution < 1.29 is 4.39 Å². The molecule has 6 heteroatoms. The molecule has 0 atom stereocenters. The molecule has 0 bridgehead atoms. The molecule has 0 amide bonds. The second-order valence-electron chi connectivity index (χ2n) is 3.99. The Morgan fingerprint density at radius 3 is 2.74 bits per heavy atom. The van der Waals surface area contributed by atoms with E-state index in [0.29, 0.717) is 16.1 Å². The highest BCUT2D eigenvalue weighted by atomic mass is 79.9. The van der Waals surface area contributed by atoms with Crippen molar-refractivity contribution >= 4 is 43.4 Å².